The number of nitro groups is 1. The van der Waals surface area contributed by atoms with Crippen LogP contribution in [0.1, 0.15) is 5.56 Å². The van der Waals surface area contributed by atoms with Crippen LogP contribution in [0.4, 0.5) is 5.69 Å². The van der Waals surface area contributed by atoms with Gasteiger partial charge in [0.15, 0.2) is 0 Å². The molecule has 0 saturated carbocycles. The van der Waals surface area contributed by atoms with Gasteiger partial charge in [-0.15, -0.1) is 11.8 Å². The standard InChI is InChI=1S/C23H23N3O5S2/c1-17-6-8-20(26(28)29)15-22(17)33(30,31)25-12-10-24(11-13-25)23(27)16-32-21-9-7-18-4-2-3-5-19(18)14-21/h2-9,14-15H,10-13,16H2,1H3. The van der Waals surface area contributed by atoms with Gasteiger partial charge in [-0.25, -0.2) is 8.42 Å². The fourth-order valence-electron chi connectivity index (χ4n) is 3.79. The van der Waals surface area contributed by atoms with Gasteiger partial charge >= 0.3 is 0 Å². The normalized spacial score (nSPS) is 15.0. The molecule has 8 nitrogen and oxygen atoms in total. The Kier molecular flexibility index (Phi) is 6.68. The molecule has 4 rings (SSSR count). The Morgan fingerprint density at radius 2 is 1.70 bits per heavy atom. The molecule has 1 fully saturated rings. The number of aryl methyl sites for hydroxylation is 1. The van der Waals surface area contributed by atoms with E-state index in [2.05, 4.69) is 6.07 Å². The molecule has 3 aromatic rings. The number of fused-ring (bicyclic) bond motifs is 1. The number of benzene rings is 3. The van der Waals surface area contributed by atoms with E-state index in [-0.39, 0.29) is 48.4 Å². The maximum absolute atomic E-state index is 13.1. The second-order valence-corrected chi connectivity index (χ2v) is 10.7. The zero-order chi connectivity index (χ0) is 23.6. The van der Waals surface area contributed by atoms with Gasteiger partial charge in [0.05, 0.1) is 15.6 Å². The van der Waals surface area contributed by atoms with Crippen LogP contribution in [0.25, 0.3) is 10.8 Å². The van der Waals surface area contributed by atoms with Crippen molar-refractivity contribution in [1.29, 1.82) is 0 Å². The van der Waals surface area contributed by atoms with Gasteiger partial charge in [0.25, 0.3) is 5.69 Å². The number of piperazine rings is 1. The highest BCUT2D eigenvalue weighted by atomic mass is 32.2. The van der Waals surface area contributed by atoms with Gasteiger partial charge in [-0.3, -0.25) is 14.9 Å². The highest BCUT2D eigenvalue weighted by Crippen LogP contribution is 2.27. The average Bonchev–Trinajstić information content (AvgIpc) is 2.82. The molecular weight excluding hydrogens is 462 g/mol. The number of nitrogens with zero attached hydrogens (tertiary/aromatic N) is 3. The molecule has 0 aliphatic carbocycles. The Bertz CT molecular complexity index is 1320. The first-order valence-corrected chi connectivity index (χ1v) is 12.8. The minimum absolute atomic E-state index is 0.0447. The van der Waals surface area contributed by atoms with Crippen LogP contribution >= 0.6 is 11.8 Å². The number of amides is 1. The molecule has 0 spiro atoms. The highest BCUT2D eigenvalue weighted by molar-refractivity contribution is 8.00. The Hall–Kier alpha value is -2.95. The molecule has 10 heteroatoms. The predicted octanol–water partition coefficient (Wildman–Crippen LogP) is 3.68. The summed E-state index contributed by atoms with van der Waals surface area (Å²) in [6, 6.07) is 17.9. The maximum Gasteiger partial charge on any atom is 0.270 e. The summed E-state index contributed by atoms with van der Waals surface area (Å²) < 4.78 is 27.4. The van der Waals surface area contributed by atoms with Crippen molar-refractivity contribution in [2.75, 3.05) is 31.9 Å². The van der Waals surface area contributed by atoms with Crippen molar-refractivity contribution in [3.8, 4) is 0 Å². The summed E-state index contributed by atoms with van der Waals surface area (Å²) in [7, 11) is -3.89. The molecule has 0 unspecified atom stereocenters. The summed E-state index contributed by atoms with van der Waals surface area (Å²) in [6.07, 6.45) is 0. The number of hydrogen-bond acceptors (Lipinski definition) is 6. The first-order valence-electron chi connectivity index (χ1n) is 10.4. The van der Waals surface area contributed by atoms with E-state index in [1.807, 2.05) is 36.4 Å². The lowest BCUT2D eigenvalue weighted by Gasteiger charge is -2.34. The largest absolute Gasteiger partial charge is 0.339 e. The zero-order valence-electron chi connectivity index (χ0n) is 18.0. The second-order valence-electron chi connectivity index (χ2n) is 7.79. The van der Waals surface area contributed by atoms with E-state index < -0.39 is 14.9 Å². The molecule has 1 amide bonds. The van der Waals surface area contributed by atoms with Crippen LogP contribution in [0.2, 0.25) is 0 Å². The van der Waals surface area contributed by atoms with E-state index >= 15 is 0 Å². The van der Waals surface area contributed by atoms with Crippen LogP contribution in [-0.2, 0) is 14.8 Å². The molecule has 0 aromatic heterocycles. The number of thioether (sulfide) groups is 1. The van der Waals surface area contributed by atoms with Crippen molar-refractivity contribution in [2.45, 2.75) is 16.7 Å². The Morgan fingerprint density at radius 1 is 1.00 bits per heavy atom. The smallest absolute Gasteiger partial charge is 0.270 e. The minimum Gasteiger partial charge on any atom is -0.339 e. The molecular formula is C23H23N3O5S2. The summed E-state index contributed by atoms with van der Waals surface area (Å²) in [6.45, 7) is 2.47. The number of non-ortho nitro benzene ring substituents is 1. The molecule has 0 bridgehead atoms. The number of carbonyl (C=O) groups is 1. The van der Waals surface area contributed by atoms with E-state index in [9.17, 15) is 23.3 Å². The quantitative estimate of drug-likeness (QED) is 0.300. The lowest BCUT2D eigenvalue weighted by atomic mass is 10.1. The molecule has 0 N–H and O–H groups in total. The number of sulfonamides is 1. The Labute approximate surface area is 196 Å². The fraction of sp³-hybridized carbons (Fsp3) is 0.261. The average molecular weight is 486 g/mol. The van der Waals surface area contributed by atoms with Crippen molar-refractivity contribution in [1.82, 2.24) is 9.21 Å². The van der Waals surface area contributed by atoms with E-state index in [1.54, 1.807) is 11.8 Å². The SMILES string of the molecule is Cc1ccc([N+](=O)[O-])cc1S(=O)(=O)N1CCN(C(=O)CSc2ccc3ccccc3c2)CC1. The van der Waals surface area contributed by atoms with Crippen LogP contribution in [0.15, 0.2) is 70.5 Å². The molecule has 0 atom stereocenters. The van der Waals surface area contributed by atoms with Crippen molar-refractivity contribution in [3.63, 3.8) is 0 Å². The van der Waals surface area contributed by atoms with Crippen molar-refractivity contribution in [2.24, 2.45) is 0 Å². The first kappa shape index (κ1) is 23.2. The number of nitro benzene ring substituents is 1. The Balaban J connectivity index is 1.37. The van der Waals surface area contributed by atoms with Crippen molar-refractivity contribution >= 4 is 44.2 Å². The maximum atomic E-state index is 13.1. The predicted molar refractivity (Wildman–Crippen MR) is 128 cm³/mol. The number of rotatable bonds is 6. The number of carbonyl (C=O) groups excluding carboxylic acids is 1. The molecule has 1 aliphatic heterocycles. The third-order valence-corrected chi connectivity index (χ3v) is 8.69. The van der Waals surface area contributed by atoms with Gasteiger partial charge < -0.3 is 4.90 Å². The summed E-state index contributed by atoms with van der Waals surface area (Å²) >= 11 is 1.46. The van der Waals surface area contributed by atoms with Crippen LogP contribution in [0, 0.1) is 17.0 Å². The van der Waals surface area contributed by atoms with E-state index in [0.29, 0.717) is 5.56 Å². The third kappa shape index (κ3) is 5.02. The topological polar surface area (TPSA) is 101 Å². The highest BCUT2D eigenvalue weighted by Gasteiger charge is 2.32. The lowest BCUT2D eigenvalue weighted by molar-refractivity contribution is -0.385. The van der Waals surface area contributed by atoms with E-state index in [1.165, 1.54) is 28.2 Å². The molecule has 3 aromatic carbocycles. The summed E-state index contributed by atoms with van der Waals surface area (Å²) in [5.74, 6) is 0.228. The number of hydrogen-bond donors (Lipinski definition) is 0. The Morgan fingerprint density at radius 3 is 2.39 bits per heavy atom. The van der Waals surface area contributed by atoms with E-state index in [4.69, 9.17) is 0 Å². The van der Waals surface area contributed by atoms with Crippen LogP contribution < -0.4 is 0 Å². The fourth-order valence-corrected chi connectivity index (χ4v) is 6.30. The van der Waals surface area contributed by atoms with Crippen LogP contribution in [-0.4, -0.2) is 60.4 Å². The van der Waals surface area contributed by atoms with Gasteiger partial charge in [-0.05, 0) is 35.4 Å². The second kappa shape index (κ2) is 9.50. The minimum atomic E-state index is -3.89. The molecule has 1 heterocycles. The summed E-state index contributed by atoms with van der Waals surface area (Å²) in [5.41, 5.74) is 0.185. The van der Waals surface area contributed by atoms with Gasteiger partial charge in [0.2, 0.25) is 15.9 Å². The van der Waals surface area contributed by atoms with E-state index in [0.717, 1.165) is 21.7 Å². The lowest BCUT2D eigenvalue weighted by Crippen LogP contribution is -2.51. The summed E-state index contributed by atoms with van der Waals surface area (Å²) in [4.78, 5) is 25.8. The van der Waals surface area contributed by atoms with Crippen LogP contribution in [0.3, 0.4) is 0 Å². The molecule has 0 radical (unpaired) electrons. The first-order chi connectivity index (χ1) is 15.8. The van der Waals surface area contributed by atoms with Crippen molar-refractivity contribution < 1.29 is 18.1 Å². The molecule has 1 aliphatic rings. The van der Waals surface area contributed by atoms with Gasteiger partial charge in [-0.1, -0.05) is 36.4 Å². The third-order valence-electron chi connectivity index (χ3n) is 5.67. The molecule has 1 saturated heterocycles. The molecule has 33 heavy (non-hydrogen) atoms. The van der Waals surface area contributed by atoms with Gasteiger partial charge in [0.1, 0.15) is 0 Å². The van der Waals surface area contributed by atoms with Crippen molar-refractivity contribution in [3.05, 3.63) is 76.3 Å². The van der Waals surface area contributed by atoms with Gasteiger partial charge in [0, 0.05) is 43.2 Å². The summed E-state index contributed by atoms with van der Waals surface area (Å²) in [5, 5.41) is 13.3. The monoisotopic (exact) mass is 485 g/mol. The van der Waals surface area contributed by atoms with Crippen LogP contribution in [0.5, 0.6) is 0 Å². The molecule has 172 valence electrons. The van der Waals surface area contributed by atoms with Gasteiger partial charge in [-0.2, -0.15) is 4.31 Å². The zero-order valence-corrected chi connectivity index (χ0v) is 19.6.